The second-order valence-electron chi connectivity index (χ2n) is 6.68. The summed E-state index contributed by atoms with van der Waals surface area (Å²) in [6.45, 7) is 1.32. The van der Waals surface area contributed by atoms with Crippen LogP contribution in [0.5, 0.6) is 0 Å². The Morgan fingerprint density at radius 3 is 2.50 bits per heavy atom. The molecule has 1 aliphatic carbocycles. The van der Waals surface area contributed by atoms with Crippen molar-refractivity contribution in [1.82, 2.24) is 16.2 Å². The van der Waals surface area contributed by atoms with Crippen LogP contribution in [0.15, 0.2) is 42.1 Å². The number of fused-ring (bicyclic) bond motifs is 1. The number of carbonyl (C=O) groups excluding carboxylic acids is 3. The number of thiophene rings is 1. The van der Waals surface area contributed by atoms with Crippen molar-refractivity contribution in [3.8, 4) is 0 Å². The van der Waals surface area contributed by atoms with Crippen molar-refractivity contribution in [1.29, 1.82) is 0 Å². The lowest BCUT2D eigenvalue weighted by molar-refractivity contribution is -0.122. The van der Waals surface area contributed by atoms with Crippen molar-refractivity contribution in [2.24, 2.45) is 0 Å². The van der Waals surface area contributed by atoms with Crippen LogP contribution in [0.4, 0.5) is 0 Å². The van der Waals surface area contributed by atoms with Crippen LogP contribution in [0.25, 0.3) is 6.08 Å². The molecule has 0 bridgehead atoms. The summed E-state index contributed by atoms with van der Waals surface area (Å²) in [7, 11) is 0. The molecule has 146 valence electrons. The first kappa shape index (κ1) is 19.8. The summed E-state index contributed by atoms with van der Waals surface area (Å²) in [6.07, 6.45) is 7.07. The van der Waals surface area contributed by atoms with Crippen LogP contribution < -0.4 is 16.2 Å². The number of benzene rings is 1. The fourth-order valence-electron chi connectivity index (χ4n) is 3.09. The molecule has 0 saturated carbocycles. The summed E-state index contributed by atoms with van der Waals surface area (Å²) in [5.41, 5.74) is 6.88. The number of rotatable bonds is 4. The van der Waals surface area contributed by atoms with Gasteiger partial charge in [0.15, 0.2) is 0 Å². The third-order valence-corrected chi connectivity index (χ3v) is 5.66. The largest absolute Gasteiger partial charge is 0.322 e. The lowest BCUT2D eigenvalue weighted by atomic mass is 10.1. The Morgan fingerprint density at radius 2 is 1.75 bits per heavy atom. The molecule has 0 saturated heterocycles. The van der Waals surface area contributed by atoms with Crippen LogP contribution >= 0.6 is 11.3 Å². The van der Waals surface area contributed by atoms with Gasteiger partial charge < -0.3 is 5.32 Å². The van der Waals surface area contributed by atoms with E-state index in [1.807, 2.05) is 36.4 Å². The Bertz CT molecular complexity index is 879. The molecule has 2 aromatic rings. The summed E-state index contributed by atoms with van der Waals surface area (Å²) < 4.78 is 0. The second-order valence-corrected chi connectivity index (χ2v) is 7.81. The normalized spacial score (nSPS) is 13.8. The third kappa shape index (κ3) is 5.29. The monoisotopic (exact) mass is 397 g/mol. The van der Waals surface area contributed by atoms with E-state index in [0.717, 1.165) is 31.2 Å². The molecule has 1 aromatic heterocycles. The first-order valence-corrected chi connectivity index (χ1v) is 10.1. The Kier molecular flexibility index (Phi) is 6.60. The van der Waals surface area contributed by atoms with Gasteiger partial charge in [-0.05, 0) is 49.0 Å². The van der Waals surface area contributed by atoms with E-state index >= 15 is 0 Å². The fourth-order valence-corrected chi connectivity index (χ4v) is 4.23. The zero-order valence-electron chi connectivity index (χ0n) is 15.7. The number of hydrazine groups is 1. The Labute approximate surface area is 168 Å². The van der Waals surface area contributed by atoms with Crippen molar-refractivity contribution >= 4 is 35.1 Å². The summed E-state index contributed by atoms with van der Waals surface area (Å²) in [5, 5.41) is 2.50. The van der Waals surface area contributed by atoms with Crippen LogP contribution in [-0.2, 0) is 22.4 Å². The maximum Gasteiger partial charge on any atom is 0.286 e. The summed E-state index contributed by atoms with van der Waals surface area (Å²) in [5.74, 6) is -1.32. The average molecular weight is 398 g/mol. The molecule has 1 aliphatic rings. The van der Waals surface area contributed by atoms with E-state index in [-0.39, 0.29) is 17.5 Å². The highest BCUT2D eigenvalue weighted by Crippen LogP contribution is 2.28. The molecule has 0 atom stereocenters. The van der Waals surface area contributed by atoms with E-state index < -0.39 is 5.91 Å². The number of hydrogen-bond acceptors (Lipinski definition) is 4. The predicted octanol–water partition coefficient (Wildman–Crippen LogP) is 2.96. The molecule has 0 unspecified atom stereocenters. The van der Waals surface area contributed by atoms with Gasteiger partial charge in [-0.15, -0.1) is 11.3 Å². The molecule has 3 rings (SSSR count). The van der Waals surface area contributed by atoms with Gasteiger partial charge in [0.05, 0.1) is 4.88 Å². The van der Waals surface area contributed by atoms with Gasteiger partial charge in [-0.25, -0.2) is 0 Å². The summed E-state index contributed by atoms with van der Waals surface area (Å²) in [6, 6.07) is 11.1. The van der Waals surface area contributed by atoms with Gasteiger partial charge in [0.2, 0.25) is 5.91 Å². The van der Waals surface area contributed by atoms with Gasteiger partial charge in [-0.2, -0.15) is 0 Å². The molecule has 6 nitrogen and oxygen atoms in total. The number of carbonyl (C=O) groups is 3. The van der Waals surface area contributed by atoms with Crippen LogP contribution in [0.3, 0.4) is 0 Å². The first-order valence-electron chi connectivity index (χ1n) is 9.29. The van der Waals surface area contributed by atoms with E-state index in [4.69, 9.17) is 0 Å². The molecule has 7 heteroatoms. The van der Waals surface area contributed by atoms with Gasteiger partial charge in [-0.1, -0.05) is 36.8 Å². The molecule has 0 aliphatic heterocycles. The smallest absolute Gasteiger partial charge is 0.286 e. The van der Waals surface area contributed by atoms with E-state index in [1.54, 1.807) is 6.08 Å². The zero-order chi connectivity index (χ0) is 19.9. The maximum atomic E-state index is 12.5. The van der Waals surface area contributed by atoms with E-state index in [0.29, 0.717) is 4.88 Å². The Hall–Kier alpha value is -2.93. The molecular weight excluding hydrogens is 374 g/mol. The van der Waals surface area contributed by atoms with E-state index in [9.17, 15) is 14.4 Å². The Morgan fingerprint density at radius 1 is 1.00 bits per heavy atom. The van der Waals surface area contributed by atoms with Gasteiger partial charge in [0.25, 0.3) is 11.8 Å². The van der Waals surface area contributed by atoms with Crippen LogP contribution in [0.1, 0.15) is 51.9 Å². The number of hydrogen-bond donors (Lipinski definition) is 3. The molecule has 3 N–H and O–H groups in total. The molecule has 0 radical (unpaired) electrons. The number of amides is 3. The molecule has 1 aromatic carbocycles. The molecule has 0 fully saturated rings. The minimum Gasteiger partial charge on any atom is -0.322 e. The van der Waals surface area contributed by atoms with Crippen molar-refractivity contribution < 1.29 is 14.4 Å². The van der Waals surface area contributed by atoms with Crippen molar-refractivity contribution in [3.05, 3.63) is 63.0 Å². The second kappa shape index (κ2) is 9.32. The molecule has 3 amide bonds. The lowest BCUT2D eigenvalue weighted by Gasteiger charge is -2.10. The number of nitrogens with one attached hydrogen (secondary N) is 3. The minimum atomic E-state index is -0.592. The zero-order valence-corrected chi connectivity index (χ0v) is 16.5. The Balaban J connectivity index is 1.66. The topological polar surface area (TPSA) is 87.3 Å². The first-order chi connectivity index (χ1) is 13.5. The summed E-state index contributed by atoms with van der Waals surface area (Å²) in [4.78, 5) is 38.2. The lowest BCUT2D eigenvalue weighted by Crippen LogP contribution is -2.44. The standard InChI is InChI=1S/C21H23N3O3S/c1-14(25)22-17(12-15-8-4-2-5-9-15)20(26)23-24-21(27)19-13-16-10-6-3-7-11-18(16)28-19/h2,4-5,8-9,12-13H,3,6-7,10-11H2,1H3,(H,22,25)(H,23,26)(H,24,27)/b17-12-. The quantitative estimate of drug-likeness (QED) is 0.421. The minimum absolute atomic E-state index is 0.0564. The fraction of sp³-hybridized carbons (Fsp3) is 0.286. The van der Waals surface area contributed by atoms with Crippen molar-refractivity contribution in [3.63, 3.8) is 0 Å². The van der Waals surface area contributed by atoms with E-state index in [2.05, 4.69) is 16.2 Å². The van der Waals surface area contributed by atoms with Crippen LogP contribution in [0.2, 0.25) is 0 Å². The highest BCUT2D eigenvalue weighted by atomic mass is 32.1. The summed E-state index contributed by atoms with van der Waals surface area (Å²) >= 11 is 1.48. The number of aryl methyl sites for hydroxylation is 2. The van der Waals surface area contributed by atoms with E-state index in [1.165, 1.54) is 35.1 Å². The third-order valence-electron chi connectivity index (χ3n) is 4.43. The van der Waals surface area contributed by atoms with Gasteiger partial charge in [0, 0.05) is 11.8 Å². The SMILES string of the molecule is CC(=O)N/C(=C\c1ccccc1)C(=O)NNC(=O)c1cc2c(s1)CCCCC2. The average Bonchev–Trinajstić information content (AvgIpc) is 2.96. The van der Waals surface area contributed by atoms with Gasteiger partial charge in [0.1, 0.15) is 5.70 Å². The van der Waals surface area contributed by atoms with Crippen molar-refractivity contribution in [2.45, 2.75) is 39.0 Å². The van der Waals surface area contributed by atoms with Gasteiger partial charge in [-0.3, -0.25) is 25.2 Å². The van der Waals surface area contributed by atoms with Crippen LogP contribution in [-0.4, -0.2) is 17.7 Å². The highest BCUT2D eigenvalue weighted by molar-refractivity contribution is 7.14. The molecular formula is C21H23N3O3S. The molecule has 1 heterocycles. The maximum absolute atomic E-state index is 12.5. The van der Waals surface area contributed by atoms with Crippen molar-refractivity contribution in [2.75, 3.05) is 0 Å². The predicted molar refractivity (Wildman–Crippen MR) is 109 cm³/mol. The van der Waals surface area contributed by atoms with Gasteiger partial charge >= 0.3 is 0 Å². The molecule has 0 spiro atoms. The van der Waals surface area contributed by atoms with Crippen LogP contribution in [0, 0.1) is 0 Å². The highest BCUT2D eigenvalue weighted by Gasteiger charge is 2.18. The molecule has 28 heavy (non-hydrogen) atoms.